The number of hydrogen-bond donors (Lipinski definition) is 1. The van der Waals surface area contributed by atoms with Crippen LogP contribution in [0.15, 0.2) is 12.1 Å². The first-order valence-corrected chi connectivity index (χ1v) is 8.08. The van der Waals surface area contributed by atoms with E-state index in [2.05, 4.69) is 15.3 Å². The van der Waals surface area contributed by atoms with E-state index in [1.54, 1.807) is 12.1 Å². The number of fused-ring (bicyclic) bond motifs is 1. The zero-order valence-electron chi connectivity index (χ0n) is 14.0. The molecular weight excluding hydrogens is 316 g/mol. The van der Waals surface area contributed by atoms with Gasteiger partial charge in [0, 0.05) is 13.0 Å². The predicted molar refractivity (Wildman–Crippen MR) is 91.7 cm³/mol. The molecule has 0 unspecified atom stereocenters. The monoisotopic (exact) mass is 338 g/mol. The Hall–Kier alpha value is -1.66. The lowest BCUT2D eigenvalue weighted by Crippen LogP contribution is -2.22. The van der Waals surface area contributed by atoms with Gasteiger partial charge in [0.2, 0.25) is 11.9 Å². The minimum absolute atomic E-state index is 0.0726. The third kappa shape index (κ3) is 4.91. The largest absolute Gasteiger partial charge is 0.380 e. The number of nitrogens with one attached hydrogen (secondary N) is 1. The second-order valence-electron chi connectivity index (χ2n) is 6.55. The molecule has 0 aliphatic carbocycles. The summed E-state index contributed by atoms with van der Waals surface area (Å²) in [7, 11) is 0. The summed E-state index contributed by atoms with van der Waals surface area (Å²) in [6.45, 7) is 9.69. The molecule has 2 rings (SSSR count). The second kappa shape index (κ2) is 7.27. The Morgan fingerprint density at radius 1 is 1.35 bits per heavy atom. The minimum atomic E-state index is -0.0895. The van der Waals surface area contributed by atoms with Gasteiger partial charge in [0.1, 0.15) is 10.7 Å². The van der Waals surface area contributed by atoms with E-state index < -0.39 is 0 Å². The molecule has 2 aromatic rings. The summed E-state index contributed by atoms with van der Waals surface area (Å²) in [5.74, 6) is 0.403. The molecule has 0 saturated heterocycles. The van der Waals surface area contributed by atoms with Crippen molar-refractivity contribution in [3.63, 3.8) is 0 Å². The molecule has 7 heteroatoms. The maximum atomic E-state index is 12.2. The first-order valence-electron chi connectivity index (χ1n) is 7.70. The van der Waals surface area contributed by atoms with Crippen molar-refractivity contribution in [3.05, 3.63) is 17.3 Å². The lowest BCUT2D eigenvalue weighted by atomic mass is 9.92. The van der Waals surface area contributed by atoms with E-state index in [0.29, 0.717) is 48.4 Å². The van der Waals surface area contributed by atoms with Crippen molar-refractivity contribution >= 4 is 34.6 Å². The van der Waals surface area contributed by atoms with Gasteiger partial charge in [-0.15, -0.1) is 0 Å². The molecule has 0 radical (unpaired) electrons. The van der Waals surface area contributed by atoms with Crippen LogP contribution in [0, 0.1) is 5.41 Å². The number of amides is 1. The van der Waals surface area contributed by atoms with Crippen molar-refractivity contribution in [1.29, 1.82) is 0 Å². The zero-order chi connectivity index (χ0) is 17.0. The Morgan fingerprint density at radius 3 is 2.74 bits per heavy atom. The van der Waals surface area contributed by atoms with E-state index in [1.165, 1.54) is 0 Å². The number of pyridine rings is 1. The highest BCUT2D eigenvalue weighted by Crippen LogP contribution is 2.22. The van der Waals surface area contributed by atoms with E-state index in [1.807, 2.05) is 32.3 Å². The minimum Gasteiger partial charge on any atom is -0.380 e. The van der Waals surface area contributed by atoms with Crippen LogP contribution in [0.5, 0.6) is 0 Å². The molecule has 1 N–H and O–H groups in total. The summed E-state index contributed by atoms with van der Waals surface area (Å²) in [6, 6.07) is 3.48. The Kier molecular flexibility index (Phi) is 5.59. The van der Waals surface area contributed by atoms with Crippen molar-refractivity contribution in [3.8, 4) is 0 Å². The Morgan fingerprint density at radius 2 is 2.09 bits per heavy atom. The van der Waals surface area contributed by atoms with Crippen LogP contribution in [0.3, 0.4) is 0 Å². The number of carbonyl (C=O) groups excluding carboxylic acids is 1. The summed E-state index contributed by atoms with van der Waals surface area (Å²) in [6.07, 6.45) is 0.413. The number of imidazole rings is 1. The Balaban J connectivity index is 2.29. The first-order chi connectivity index (χ1) is 10.8. The third-order valence-electron chi connectivity index (χ3n) is 3.16. The molecule has 1 amide bonds. The van der Waals surface area contributed by atoms with Gasteiger partial charge in [0.15, 0.2) is 5.65 Å². The molecule has 0 atom stereocenters. The molecule has 0 aliphatic heterocycles. The molecule has 0 saturated carbocycles. The lowest BCUT2D eigenvalue weighted by Gasteiger charge is -2.17. The molecule has 6 nitrogen and oxygen atoms in total. The van der Waals surface area contributed by atoms with Gasteiger partial charge in [0.25, 0.3) is 0 Å². The van der Waals surface area contributed by atoms with Crippen LogP contribution >= 0.6 is 11.6 Å². The second-order valence-corrected chi connectivity index (χ2v) is 6.93. The summed E-state index contributed by atoms with van der Waals surface area (Å²) < 4.78 is 7.24. The van der Waals surface area contributed by atoms with Crippen LogP contribution in [0.2, 0.25) is 5.15 Å². The van der Waals surface area contributed by atoms with Gasteiger partial charge in [-0.2, -0.15) is 0 Å². The molecule has 0 aromatic carbocycles. The lowest BCUT2D eigenvalue weighted by molar-refractivity contribution is -0.117. The average Bonchev–Trinajstić information content (AvgIpc) is 2.74. The van der Waals surface area contributed by atoms with Gasteiger partial charge >= 0.3 is 0 Å². The van der Waals surface area contributed by atoms with E-state index in [-0.39, 0.29) is 11.3 Å². The van der Waals surface area contributed by atoms with Crippen LogP contribution in [-0.2, 0) is 16.1 Å². The SMILES string of the molecule is CCOCCn1c(NC(=O)CC(C)(C)C)nc2ccc(Cl)nc21. The highest BCUT2D eigenvalue weighted by molar-refractivity contribution is 6.29. The number of rotatable bonds is 6. The van der Waals surface area contributed by atoms with Gasteiger partial charge in [-0.1, -0.05) is 32.4 Å². The van der Waals surface area contributed by atoms with Crippen molar-refractivity contribution in [1.82, 2.24) is 14.5 Å². The fourth-order valence-corrected chi connectivity index (χ4v) is 2.38. The molecule has 2 heterocycles. The number of anilines is 1. The van der Waals surface area contributed by atoms with Crippen molar-refractivity contribution < 1.29 is 9.53 Å². The molecule has 0 aliphatic rings. The molecule has 0 bridgehead atoms. The number of halogens is 1. The summed E-state index contributed by atoms with van der Waals surface area (Å²) in [4.78, 5) is 21.0. The summed E-state index contributed by atoms with van der Waals surface area (Å²) in [5.41, 5.74) is 1.24. The van der Waals surface area contributed by atoms with Crippen molar-refractivity contribution in [2.75, 3.05) is 18.5 Å². The molecule has 23 heavy (non-hydrogen) atoms. The number of carbonyl (C=O) groups is 1. The zero-order valence-corrected chi connectivity index (χ0v) is 14.8. The predicted octanol–water partition coefficient (Wildman–Crippen LogP) is 3.50. The van der Waals surface area contributed by atoms with Crippen molar-refractivity contribution in [2.45, 2.75) is 40.7 Å². The topological polar surface area (TPSA) is 69.0 Å². The number of nitrogens with zero attached hydrogens (tertiary/aromatic N) is 3. The molecule has 0 spiro atoms. The Bertz CT molecular complexity index is 691. The summed E-state index contributed by atoms with van der Waals surface area (Å²) in [5, 5.41) is 3.27. The number of ether oxygens (including phenoxy) is 1. The van der Waals surface area contributed by atoms with E-state index >= 15 is 0 Å². The van der Waals surface area contributed by atoms with Crippen LogP contribution in [-0.4, -0.2) is 33.7 Å². The number of aromatic nitrogens is 3. The standard InChI is InChI=1S/C16H23ClN4O2/c1-5-23-9-8-21-14-11(6-7-12(17)19-14)18-15(21)20-13(22)10-16(2,3)4/h6-7H,5,8-10H2,1-4H3,(H,18,20,22). The molecule has 126 valence electrons. The maximum Gasteiger partial charge on any atom is 0.227 e. The van der Waals surface area contributed by atoms with Crippen LogP contribution in [0.1, 0.15) is 34.1 Å². The van der Waals surface area contributed by atoms with Crippen LogP contribution in [0.4, 0.5) is 5.95 Å². The van der Waals surface area contributed by atoms with E-state index in [0.717, 1.165) is 0 Å². The van der Waals surface area contributed by atoms with Crippen molar-refractivity contribution in [2.24, 2.45) is 5.41 Å². The smallest absolute Gasteiger partial charge is 0.227 e. The summed E-state index contributed by atoms with van der Waals surface area (Å²) >= 11 is 5.98. The first kappa shape index (κ1) is 17.7. The normalized spacial score (nSPS) is 11.9. The van der Waals surface area contributed by atoms with E-state index in [4.69, 9.17) is 16.3 Å². The van der Waals surface area contributed by atoms with Gasteiger partial charge in [0.05, 0.1) is 13.2 Å². The fraction of sp³-hybridized carbons (Fsp3) is 0.562. The number of hydrogen-bond acceptors (Lipinski definition) is 4. The van der Waals surface area contributed by atoms with Gasteiger partial charge in [-0.05, 0) is 24.5 Å². The fourth-order valence-electron chi connectivity index (χ4n) is 2.24. The van der Waals surface area contributed by atoms with Crippen LogP contribution < -0.4 is 5.32 Å². The van der Waals surface area contributed by atoms with Crippen LogP contribution in [0.25, 0.3) is 11.2 Å². The third-order valence-corrected chi connectivity index (χ3v) is 3.37. The van der Waals surface area contributed by atoms with E-state index in [9.17, 15) is 4.79 Å². The highest BCUT2D eigenvalue weighted by atomic mass is 35.5. The quantitative estimate of drug-likeness (QED) is 0.646. The molecule has 2 aromatic heterocycles. The molecule has 0 fully saturated rings. The van der Waals surface area contributed by atoms with Gasteiger partial charge in [-0.25, -0.2) is 9.97 Å². The Labute approximate surface area is 141 Å². The molecular formula is C16H23ClN4O2. The van der Waals surface area contributed by atoms with Gasteiger partial charge in [-0.3, -0.25) is 14.7 Å². The maximum absolute atomic E-state index is 12.2. The highest BCUT2D eigenvalue weighted by Gasteiger charge is 2.19. The average molecular weight is 339 g/mol. The van der Waals surface area contributed by atoms with Gasteiger partial charge < -0.3 is 4.74 Å².